The number of carbonyl (C=O) groups is 2. The van der Waals surface area contributed by atoms with E-state index >= 15 is 0 Å². The van der Waals surface area contributed by atoms with E-state index in [0.29, 0.717) is 16.7 Å². The Morgan fingerprint density at radius 1 is 1.16 bits per heavy atom. The molecule has 0 atom stereocenters. The number of carbonyl (C=O) groups excluding carboxylic acids is 2. The lowest BCUT2D eigenvalue weighted by molar-refractivity contribution is -0.127. The number of rotatable bonds is 7. The standard InChI is InChI=1S/C22H23F2N3O4/c1-21(2,3)18(29)11-27-16-9-14(31-4)6-7-15(16)19(26-27)20(30)13-5-8-17(25-10-13)22(23,24)12-28/h5-10,28H,11-12H2,1-4H3. The number of alkyl halides is 2. The number of ether oxygens (including phenoxy) is 1. The van der Waals surface area contributed by atoms with E-state index in [1.807, 2.05) is 0 Å². The minimum Gasteiger partial charge on any atom is -0.497 e. The summed E-state index contributed by atoms with van der Waals surface area (Å²) in [5.74, 6) is -3.56. The summed E-state index contributed by atoms with van der Waals surface area (Å²) in [5, 5.41) is 13.6. The zero-order valence-electron chi connectivity index (χ0n) is 17.6. The number of nitrogens with zero attached hydrogens (tertiary/aromatic N) is 3. The zero-order chi connectivity index (χ0) is 23.0. The summed E-state index contributed by atoms with van der Waals surface area (Å²) in [4.78, 5) is 29.3. The molecule has 2 heterocycles. The van der Waals surface area contributed by atoms with Crippen molar-refractivity contribution in [2.45, 2.75) is 33.2 Å². The highest BCUT2D eigenvalue weighted by Gasteiger charge is 2.32. The van der Waals surface area contributed by atoms with Crippen molar-refractivity contribution in [2.75, 3.05) is 13.7 Å². The van der Waals surface area contributed by atoms with Gasteiger partial charge in [-0.05, 0) is 24.3 Å². The number of aliphatic hydroxyl groups is 1. The number of fused-ring (bicyclic) bond motifs is 1. The van der Waals surface area contributed by atoms with Crippen molar-refractivity contribution in [1.82, 2.24) is 14.8 Å². The van der Waals surface area contributed by atoms with Crippen LogP contribution in [0.1, 0.15) is 42.5 Å². The van der Waals surface area contributed by atoms with Crippen LogP contribution >= 0.6 is 0 Å². The molecule has 0 aliphatic heterocycles. The van der Waals surface area contributed by atoms with Crippen molar-refractivity contribution >= 4 is 22.5 Å². The van der Waals surface area contributed by atoms with E-state index in [-0.39, 0.29) is 23.6 Å². The molecule has 9 heteroatoms. The molecule has 0 aliphatic carbocycles. The quantitative estimate of drug-likeness (QED) is 0.577. The maximum absolute atomic E-state index is 13.6. The van der Waals surface area contributed by atoms with E-state index in [4.69, 9.17) is 9.84 Å². The summed E-state index contributed by atoms with van der Waals surface area (Å²) in [6.45, 7) is 3.96. The maximum Gasteiger partial charge on any atom is 0.312 e. The number of Topliss-reactive ketones (excluding diaryl/α,β-unsaturated/α-hetero) is 1. The molecule has 1 N–H and O–H groups in total. The second-order valence-electron chi connectivity index (χ2n) is 8.19. The summed E-state index contributed by atoms with van der Waals surface area (Å²) in [5.41, 5.74) is -0.567. The van der Waals surface area contributed by atoms with E-state index in [1.54, 1.807) is 39.0 Å². The first-order valence-corrected chi connectivity index (χ1v) is 9.55. The summed E-state index contributed by atoms with van der Waals surface area (Å²) in [7, 11) is 1.50. The topological polar surface area (TPSA) is 94.3 Å². The predicted molar refractivity (Wildman–Crippen MR) is 109 cm³/mol. The number of hydrogen-bond acceptors (Lipinski definition) is 6. The number of pyridine rings is 1. The molecule has 7 nitrogen and oxygen atoms in total. The molecule has 0 radical (unpaired) electrons. The highest BCUT2D eigenvalue weighted by atomic mass is 19.3. The molecule has 0 saturated carbocycles. The van der Waals surface area contributed by atoms with Gasteiger partial charge in [0.1, 0.15) is 30.3 Å². The molecule has 1 aromatic carbocycles. The largest absolute Gasteiger partial charge is 0.497 e. The van der Waals surface area contributed by atoms with Gasteiger partial charge < -0.3 is 9.84 Å². The molecule has 2 aromatic heterocycles. The Morgan fingerprint density at radius 2 is 1.87 bits per heavy atom. The van der Waals surface area contributed by atoms with Gasteiger partial charge in [0.05, 0.1) is 12.6 Å². The lowest BCUT2D eigenvalue weighted by atomic mass is 9.91. The summed E-state index contributed by atoms with van der Waals surface area (Å²) in [6.07, 6.45) is 1.02. The molecular weight excluding hydrogens is 408 g/mol. The van der Waals surface area contributed by atoms with Crippen LogP contribution in [-0.4, -0.2) is 45.2 Å². The van der Waals surface area contributed by atoms with Gasteiger partial charge in [-0.3, -0.25) is 19.3 Å². The highest BCUT2D eigenvalue weighted by Crippen LogP contribution is 2.28. The van der Waals surface area contributed by atoms with E-state index < -0.39 is 29.4 Å². The lowest BCUT2D eigenvalue weighted by Gasteiger charge is -2.16. The molecule has 0 bridgehead atoms. The molecule has 3 rings (SSSR count). The summed E-state index contributed by atoms with van der Waals surface area (Å²) in [6, 6.07) is 7.21. The second-order valence-corrected chi connectivity index (χ2v) is 8.19. The Morgan fingerprint density at radius 3 is 2.42 bits per heavy atom. The average molecular weight is 431 g/mol. The van der Waals surface area contributed by atoms with Crippen LogP contribution < -0.4 is 4.74 Å². The normalized spacial score (nSPS) is 12.2. The summed E-state index contributed by atoms with van der Waals surface area (Å²) < 4.78 is 33.9. The number of halogens is 2. The van der Waals surface area contributed by atoms with Crippen LogP contribution in [0, 0.1) is 5.41 Å². The lowest BCUT2D eigenvalue weighted by Crippen LogP contribution is -2.25. The van der Waals surface area contributed by atoms with Crippen LogP contribution in [0.3, 0.4) is 0 Å². The van der Waals surface area contributed by atoms with Gasteiger partial charge in [-0.25, -0.2) is 0 Å². The van der Waals surface area contributed by atoms with Gasteiger partial charge >= 0.3 is 5.92 Å². The highest BCUT2D eigenvalue weighted by molar-refractivity contribution is 6.15. The van der Waals surface area contributed by atoms with Crippen molar-refractivity contribution in [3.8, 4) is 5.75 Å². The van der Waals surface area contributed by atoms with Gasteiger partial charge in [0.25, 0.3) is 0 Å². The van der Waals surface area contributed by atoms with Crippen LogP contribution in [0.15, 0.2) is 36.5 Å². The molecule has 0 fully saturated rings. The van der Waals surface area contributed by atoms with Crippen LogP contribution in [-0.2, 0) is 17.3 Å². The maximum atomic E-state index is 13.6. The van der Waals surface area contributed by atoms with Crippen LogP contribution in [0.2, 0.25) is 0 Å². The zero-order valence-corrected chi connectivity index (χ0v) is 17.6. The Labute approximate surface area is 177 Å². The monoisotopic (exact) mass is 431 g/mol. The number of aromatic nitrogens is 3. The van der Waals surface area contributed by atoms with Gasteiger partial charge in [-0.1, -0.05) is 20.8 Å². The molecule has 0 amide bonds. The van der Waals surface area contributed by atoms with E-state index in [1.165, 1.54) is 17.9 Å². The van der Waals surface area contributed by atoms with E-state index in [9.17, 15) is 18.4 Å². The SMILES string of the molecule is COc1ccc2c(C(=O)c3ccc(C(F)(F)CO)nc3)nn(CC(=O)C(C)(C)C)c2c1. The molecule has 3 aromatic rings. The summed E-state index contributed by atoms with van der Waals surface area (Å²) >= 11 is 0. The second kappa shape index (κ2) is 8.14. The minimum absolute atomic E-state index is 0.0413. The van der Waals surface area contributed by atoms with Crippen molar-refractivity contribution in [3.63, 3.8) is 0 Å². The number of methoxy groups -OCH3 is 1. The Hall–Kier alpha value is -3.20. The van der Waals surface area contributed by atoms with Gasteiger partial charge in [0, 0.05) is 28.6 Å². The van der Waals surface area contributed by atoms with Gasteiger partial charge in [-0.2, -0.15) is 13.9 Å². The van der Waals surface area contributed by atoms with Crippen molar-refractivity contribution in [1.29, 1.82) is 0 Å². The minimum atomic E-state index is -3.50. The van der Waals surface area contributed by atoms with Gasteiger partial charge in [-0.15, -0.1) is 0 Å². The number of benzene rings is 1. The van der Waals surface area contributed by atoms with E-state index in [0.717, 1.165) is 12.3 Å². The fraction of sp³-hybridized carbons (Fsp3) is 0.364. The third kappa shape index (κ3) is 4.46. The first kappa shape index (κ1) is 22.5. The third-order valence-corrected chi connectivity index (χ3v) is 4.90. The number of hydrogen-bond donors (Lipinski definition) is 1. The predicted octanol–water partition coefficient (Wildman–Crippen LogP) is 3.37. The Kier molecular flexibility index (Phi) is 5.91. The van der Waals surface area contributed by atoms with Crippen LogP contribution in [0.25, 0.3) is 10.9 Å². The first-order chi connectivity index (χ1) is 14.5. The first-order valence-electron chi connectivity index (χ1n) is 9.55. The van der Waals surface area contributed by atoms with Crippen LogP contribution in [0.5, 0.6) is 5.75 Å². The number of aliphatic hydroxyl groups excluding tert-OH is 1. The van der Waals surface area contributed by atoms with Crippen molar-refractivity contribution in [2.24, 2.45) is 5.41 Å². The van der Waals surface area contributed by atoms with Crippen molar-refractivity contribution in [3.05, 3.63) is 53.5 Å². The molecule has 0 saturated heterocycles. The molecule has 31 heavy (non-hydrogen) atoms. The molecule has 164 valence electrons. The number of ketones is 2. The Balaban J connectivity index is 2.05. The average Bonchev–Trinajstić information content (AvgIpc) is 3.10. The van der Waals surface area contributed by atoms with Gasteiger partial charge in [0.15, 0.2) is 5.78 Å². The fourth-order valence-corrected chi connectivity index (χ4v) is 2.90. The molecule has 0 aliphatic rings. The smallest absolute Gasteiger partial charge is 0.312 e. The molecular formula is C22H23F2N3O4. The van der Waals surface area contributed by atoms with Gasteiger partial charge in [0.2, 0.25) is 5.78 Å². The van der Waals surface area contributed by atoms with Crippen LogP contribution in [0.4, 0.5) is 8.78 Å². The molecule has 0 spiro atoms. The van der Waals surface area contributed by atoms with E-state index in [2.05, 4.69) is 10.1 Å². The van der Waals surface area contributed by atoms with Crippen molar-refractivity contribution < 1.29 is 28.2 Å². The Bertz CT molecular complexity index is 1130. The molecule has 0 unspecified atom stereocenters. The third-order valence-electron chi connectivity index (χ3n) is 4.90. The fourth-order valence-electron chi connectivity index (χ4n) is 2.90.